The number of aromatic carboxylic acids is 1. The van der Waals surface area contributed by atoms with E-state index in [4.69, 9.17) is 21.4 Å². The van der Waals surface area contributed by atoms with Crippen molar-refractivity contribution in [2.45, 2.75) is 0 Å². The molecule has 0 saturated carbocycles. The molecule has 0 aliphatic heterocycles. The van der Waals surface area contributed by atoms with Gasteiger partial charge in [-0.2, -0.15) is 0 Å². The summed E-state index contributed by atoms with van der Waals surface area (Å²) in [6, 6.07) is 11.4. The fourth-order valence-electron chi connectivity index (χ4n) is 1.37. The number of carboxylic acids is 1. The van der Waals surface area contributed by atoms with Crippen LogP contribution >= 0.6 is 27.5 Å². The van der Waals surface area contributed by atoms with E-state index in [-0.39, 0.29) is 5.56 Å². The molecule has 3 nitrogen and oxygen atoms in total. The summed E-state index contributed by atoms with van der Waals surface area (Å²) in [6.45, 7) is 0. The fraction of sp³-hybridized carbons (Fsp3) is 0. The van der Waals surface area contributed by atoms with Crippen LogP contribution in [0.5, 0.6) is 11.5 Å². The number of ether oxygens (including phenoxy) is 1. The summed E-state index contributed by atoms with van der Waals surface area (Å²) in [4.78, 5) is 10.8. The highest BCUT2D eigenvalue weighted by molar-refractivity contribution is 9.10. The van der Waals surface area contributed by atoms with Crippen LogP contribution in [0.25, 0.3) is 0 Å². The normalized spacial score (nSPS) is 10.1. The van der Waals surface area contributed by atoms with Crippen LogP contribution in [0.1, 0.15) is 10.4 Å². The van der Waals surface area contributed by atoms with Crippen LogP contribution in [0.3, 0.4) is 0 Å². The maximum absolute atomic E-state index is 10.8. The van der Waals surface area contributed by atoms with Gasteiger partial charge in [0.15, 0.2) is 0 Å². The molecule has 0 radical (unpaired) electrons. The largest absolute Gasteiger partial charge is 0.478 e. The number of carboxylic acid groups (broad SMARTS) is 1. The van der Waals surface area contributed by atoms with Crippen molar-refractivity contribution in [2.24, 2.45) is 0 Å². The molecule has 0 saturated heterocycles. The Morgan fingerprint density at radius 2 is 2.00 bits per heavy atom. The molecule has 18 heavy (non-hydrogen) atoms. The summed E-state index contributed by atoms with van der Waals surface area (Å²) in [7, 11) is 0. The monoisotopic (exact) mass is 326 g/mol. The molecule has 5 heteroatoms. The second-order valence-corrected chi connectivity index (χ2v) is 4.83. The fourth-order valence-corrected chi connectivity index (χ4v) is 1.87. The Bertz CT molecular complexity index is 599. The molecule has 0 amide bonds. The lowest BCUT2D eigenvalue weighted by Gasteiger charge is -2.08. The molecule has 0 aliphatic rings. The third kappa shape index (κ3) is 3.03. The maximum Gasteiger partial charge on any atom is 0.335 e. The van der Waals surface area contributed by atoms with Gasteiger partial charge in [-0.15, -0.1) is 0 Å². The van der Waals surface area contributed by atoms with E-state index < -0.39 is 5.97 Å². The molecular weight excluding hydrogens is 319 g/mol. The highest BCUT2D eigenvalue weighted by atomic mass is 79.9. The van der Waals surface area contributed by atoms with Crippen molar-refractivity contribution >= 4 is 33.5 Å². The number of hydrogen-bond acceptors (Lipinski definition) is 2. The molecule has 0 bridgehead atoms. The summed E-state index contributed by atoms with van der Waals surface area (Å²) < 4.78 is 6.39. The van der Waals surface area contributed by atoms with E-state index in [0.717, 1.165) is 4.47 Å². The van der Waals surface area contributed by atoms with Gasteiger partial charge in [0.1, 0.15) is 11.5 Å². The first-order valence-corrected chi connectivity index (χ1v) is 6.19. The molecular formula is C13H8BrClO3. The van der Waals surface area contributed by atoms with Crippen LogP contribution in [-0.4, -0.2) is 11.1 Å². The third-order valence-corrected chi connectivity index (χ3v) is 3.01. The molecule has 1 N–H and O–H groups in total. The number of benzene rings is 2. The lowest BCUT2D eigenvalue weighted by Crippen LogP contribution is -1.96. The Morgan fingerprint density at radius 3 is 2.72 bits per heavy atom. The van der Waals surface area contributed by atoms with Crippen LogP contribution in [-0.2, 0) is 0 Å². The molecule has 2 rings (SSSR count). The van der Waals surface area contributed by atoms with Gasteiger partial charge in [-0.25, -0.2) is 4.79 Å². The Kier molecular flexibility index (Phi) is 3.89. The average molecular weight is 328 g/mol. The van der Waals surface area contributed by atoms with Gasteiger partial charge in [-0.05, 0) is 36.4 Å². The smallest absolute Gasteiger partial charge is 0.335 e. The van der Waals surface area contributed by atoms with Crippen molar-refractivity contribution in [3.63, 3.8) is 0 Å². The van der Waals surface area contributed by atoms with E-state index in [1.54, 1.807) is 30.3 Å². The van der Waals surface area contributed by atoms with Gasteiger partial charge in [-0.1, -0.05) is 33.6 Å². The third-order valence-electron chi connectivity index (χ3n) is 2.20. The van der Waals surface area contributed by atoms with Crippen molar-refractivity contribution < 1.29 is 14.6 Å². The second-order valence-electron chi connectivity index (χ2n) is 3.51. The Labute approximate surface area is 117 Å². The summed E-state index contributed by atoms with van der Waals surface area (Å²) >= 11 is 9.30. The summed E-state index contributed by atoms with van der Waals surface area (Å²) in [5.74, 6) is -0.107. The minimum Gasteiger partial charge on any atom is -0.478 e. The highest BCUT2D eigenvalue weighted by Crippen LogP contribution is 2.32. The number of carbonyl (C=O) groups is 1. The molecule has 2 aromatic carbocycles. The van der Waals surface area contributed by atoms with Crippen molar-refractivity contribution in [3.8, 4) is 11.5 Å². The van der Waals surface area contributed by atoms with Gasteiger partial charge in [-0.3, -0.25) is 0 Å². The van der Waals surface area contributed by atoms with E-state index in [0.29, 0.717) is 16.5 Å². The van der Waals surface area contributed by atoms with Gasteiger partial charge in [0.2, 0.25) is 0 Å². The van der Waals surface area contributed by atoms with Crippen LogP contribution in [0.2, 0.25) is 5.02 Å². The molecule has 0 aromatic heterocycles. The zero-order chi connectivity index (χ0) is 13.1. The molecule has 0 atom stereocenters. The molecule has 0 spiro atoms. The molecule has 0 fully saturated rings. The van der Waals surface area contributed by atoms with Gasteiger partial charge < -0.3 is 9.84 Å². The molecule has 92 valence electrons. The standard InChI is InChI=1S/C13H8BrClO3/c14-9-4-5-11(15)12(7-9)18-10-3-1-2-8(6-10)13(16)17/h1-7H,(H,16,17). The lowest BCUT2D eigenvalue weighted by molar-refractivity contribution is 0.0696. The van der Waals surface area contributed by atoms with Gasteiger partial charge in [0.25, 0.3) is 0 Å². The Hall–Kier alpha value is -1.52. The van der Waals surface area contributed by atoms with E-state index >= 15 is 0 Å². The molecule has 0 heterocycles. The van der Waals surface area contributed by atoms with Crippen LogP contribution in [0, 0.1) is 0 Å². The zero-order valence-electron chi connectivity index (χ0n) is 9.06. The predicted octanol–water partition coefficient (Wildman–Crippen LogP) is 4.59. The summed E-state index contributed by atoms with van der Waals surface area (Å²) in [6.07, 6.45) is 0. The summed E-state index contributed by atoms with van der Waals surface area (Å²) in [5.41, 5.74) is 0.165. The van der Waals surface area contributed by atoms with Crippen molar-refractivity contribution in [2.75, 3.05) is 0 Å². The van der Waals surface area contributed by atoms with Gasteiger partial charge >= 0.3 is 5.97 Å². The van der Waals surface area contributed by atoms with E-state index in [1.165, 1.54) is 12.1 Å². The molecule has 0 unspecified atom stereocenters. The van der Waals surface area contributed by atoms with E-state index in [9.17, 15) is 4.79 Å². The first-order valence-electron chi connectivity index (χ1n) is 5.02. The molecule has 0 aliphatic carbocycles. The van der Waals surface area contributed by atoms with Crippen molar-refractivity contribution in [1.29, 1.82) is 0 Å². The predicted molar refractivity (Wildman–Crippen MR) is 72.6 cm³/mol. The van der Waals surface area contributed by atoms with Crippen LogP contribution in [0.15, 0.2) is 46.9 Å². The van der Waals surface area contributed by atoms with Crippen molar-refractivity contribution in [1.82, 2.24) is 0 Å². The maximum atomic E-state index is 10.8. The first-order chi connectivity index (χ1) is 8.56. The Balaban J connectivity index is 2.31. The molecule has 2 aromatic rings. The number of rotatable bonds is 3. The first kappa shape index (κ1) is 12.9. The van der Waals surface area contributed by atoms with Crippen LogP contribution in [0.4, 0.5) is 0 Å². The van der Waals surface area contributed by atoms with Crippen molar-refractivity contribution in [3.05, 3.63) is 57.5 Å². The topological polar surface area (TPSA) is 46.5 Å². The average Bonchev–Trinajstić information content (AvgIpc) is 2.34. The lowest BCUT2D eigenvalue weighted by atomic mass is 10.2. The minimum absolute atomic E-state index is 0.165. The van der Waals surface area contributed by atoms with E-state index in [1.807, 2.05) is 0 Å². The minimum atomic E-state index is -0.999. The van der Waals surface area contributed by atoms with Gasteiger partial charge in [0.05, 0.1) is 10.6 Å². The highest BCUT2D eigenvalue weighted by Gasteiger charge is 2.07. The number of halogens is 2. The second kappa shape index (κ2) is 5.42. The zero-order valence-corrected chi connectivity index (χ0v) is 11.4. The van der Waals surface area contributed by atoms with Gasteiger partial charge in [0, 0.05) is 4.47 Å². The SMILES string of the molecule is O=C(O)c1cccc(Oc2cc(Br)ccc2Cl)c1. The summed E-state index contributed by atoms with van der Waals surface area (Å²) in [5, 5.41) is 9.34. The quantitative estimate of drug-likeness (QED) is 0.896. The number of hydrogen-bond donors (Lipinski definition) is 1. The van der Waals surface area contributed by atoms with Crippen LogP contribution < -0.4 is 4.74 Å². The Morgan fingerprint density at radius 1 is 1.22 bits per heavy atom. The van der Waals surface area contributed by atoms with E-state index in [2.05, 4.69) is 15.9 Å².